The largest absolute Gasteiger partial charge is 0.345 e. The third-order valence-electron chi connectivity index (χ3n) is 4.28. The van der Waals surface area contributed by atoms with Crippen molar-refractivity contribution in [3.63, 3.8) is 0 Å². The third-order valence-corrected chi connectivity index (χ3v) is 5.38. The van der Waals surface area contributed by atoms with Crippen LogP contribution in [0.1, 0.15) is 27.3 Å². The molecule has 4 rings (SSSR count). The molecule has 1 aromatic carbocycles. The molecular formula is C19H18N4OS. The lowest BCUT2D eigenvalue weighted by Crippen LogP contribution is -2.24. The smallest absolute Gasteiger partial charge is 0.272 e. The number of benzene rings is 1. The monoisotopic (exact) mass is 350 g/mol. The molecule has 0 radical (unpaired) electrons. The summed E-state index contributed by atoms with van der Waals surface area (Å²) in [6.45, 7) is 2.48. The molecule has 1 aliphatic rings. The van der Waals surface area contributed by atoms with Crippen LogP contribution in [0.15, 0.2) is 47.5 Å². The van der Waals surface area contributed by atoms with Crippen LogP contribution in [0.2, 0.25) is 0 Å². The summed E-state index contributed by atoms with van der Waals surface area (Å²) in [4.78, 5) is 18.1. The molecule has 0 fully saturated rings. The van der Waals surface area contributed by atoms with Crippen molar-refractivity contribution in [1.82, 2.24) is 20.1 Å². The number of aryl methyl sites for hydroxylation is 2. The van der Waals surface area contributed by atoms with Crippen LogP contribution < -0.4 is 5.32 Å². The van der Waals surface area contributed by atoms with Gasteiger partial charge in [-0.3, -0.25) is 14.5 Å². The number of hydrogen-bond donors (Lipinski definition) is 1. The van der Waals surface area contributed by atoms with Gasteiger partial charge in [0.05, 0.1) is 17.9 Å². The van der Waals surface area contributed by atoms with Crippen LogP contribution in [0.25, 0.3) is 11.3 Å². The van der Waals surface area contributed by atoms with Gasteiger partial charge in [-0.05, 0) is 31.2 Å². The summed E-state index contributed by atoms with van der Waals surface area (Å²) in [6.07, 6.45) is 1.72. The average Bonchev–Trinajstić information content (AvgIpc) is 2.98. The molecule has 0 spiro atoms. The van der Waals surface area contributed by atoms with Gasteiger partial charge < -0.3 is 5.32 Å². The lowest BCUT2D eigenvalue weighted by Gasteiger charge is -2.17. The van der Waals surface area contributed by atoms with E-state index in [2.05, 4.69) is 40.5 Å². The van der Waals surface area contributed by atoms with Gasteiger partial charge in [0.15, 0.2) is 5.69 Å². The number of aromatic nitrogens is 3. The summed E-state index contributed by atoms with van der Waals surface area (Å²) in [6, 6.07) is 12.1. The molecule has 1 amide bonds. The Kier molecular flexibility index (Phi) is 4.05. The Labute approximate surface area is 150 Å². The van der Waals surface area contributed by atoms with E-state index in [0.717, 1.165) is 28.3 Å². The second-order valence-electron chi connectivity index (χ2n) is 6.09. The normalized spacial score (nSPS) is 12.4. The molecule has 25 heavy (non-hydrogen) atoms. The number of carbonyl (C=O) groups excluding carboxylic acids is 1. The SMILES string of the molecule is Cc1ccc2c(c1)-c1c(c(C(=O)NCc3ccccn3)nn1C)CS2. The standard InChI is InChI=1S/C19H18N4OS/c1-12-6-7-16-14(9-12)18-15(11-25-16)17(22-23(18)2)19(24)21-10-13-5-3-4-8-20-13/h3-9H,10-11H2,1-2H3,(H,21,24). The zero-order chi connectivity index (χ0) is 17.4. The second kappa shape index (κ2) is 6.37. The fraction of sp³-hybridized carbons (Fsp3) is 0.211. The number of carbonyl (C=O) groups is 1. The van der Waals surface area contributed by atoms with Crippen molar-refractivity contribution < 1.29 is 4.79 Å². The Morgan fingerprint density at radius 2 is 2.20 bits per heavy atom. The lowest BCUT2D eigenvalue weighted by atomic mass is 10.0. The number of hydrogen-bond acceptors (Lipinski definition) is 4. The molecule has 2 aromatic heterocycles. The van der Waals surface area contributed by atoms with Crippen LogP contribution >= 0.6 is 11.8 Å². The van der Waals surface area contributed by atoms with E-state index in [-0.39, 0.29) is 5.91 Å². The Morgan fingerprint density at radius 3 is 3.00 bits per heavy atom. The van der Waals surface area contributed by atoms with E-state index < -0.39 is 0 Å². The van der Waals surface area contributed by atoms with E-state index in [1.54, 1.807) is 18.0 Å². The summed E-state index contributed by atoms with van der Waals surface area (Å²) in [5.74, 6) is 0.602. The summed E-state index contributed by atoms with van der Waals surface area (Å²) in [7, 11) is 1.90. The maximum atomic E-state index is 12.7. The Balaban J connectivity index is 1.65. The molecule has 126 valence electrons. The highest BCUT2D eigenvalue weighted by Crippen LogP contribution is 2.42. The molecule has 1 N–H and O–H groups in total. The average molecular weight is 350 g/mol. The van der Waals surface area contributed by atoms with Crippen molar-refractivity contribution in [2.24, 2.45) is 7.05 Å². The molecule has 5 nitrogen and oxygen atoms in total. The highest BCUT2D eigenvalue weighted by Gasteiger charge is 2.27. The molecule has 6 heteroatoms. The summed E-state index contributed by atoms with van der Waals surface area (Å²) < 4.78 is 1.82. The number of amides is 1. The van der Waals surface area contributed by atoms with Crippen LogP contribution in [0.4, 0.5) is 0 Å². The van der Waals surface area contributed by atoms with Gasteiger partial charge in [-0.1, -0.05) is 17.7 Å². The first-order valence-electron chi connectivity index (χ1n) is 8.11. The van der Waals surface area contributed by atoms with Crippen LogP contribution in [0, 0.1) is 6.92 Å². The van der Waals surface area contributed by atoms with Gasteiger partial charge in [0.25, 0.3) is 5.91 Å². The first-order chi connectivity index (χ1) is 12.1. The first-order valence-corrected chi connectivity index (χ1v) is 9.10. The second-order valence-corrected chi connectivity index (χ2v) is 7.11. The molecule has 1 aliphatic heterocycles. The maximum Gasteiger partial charge on any atom is 0.272 e. The number of nitrogens with zero attached hydrogens (tertiary/aromatic N) is 3. The Hall–Kier alpha value is -2.60. The predicted octanol–water partition coefficient (Wildman–Crippen LogP) is 3.33. The minimum atomic E-state index is -0.154. The van der Waals surface area contributed by atoms with Crippen LogP contribution in [0.3, 0.4) is 0 Å². The zero-order valence-electron chi connectivity index (χ0n) is 14.1. The topological polar surface area (TPSA) is 59.8 Å². The van der Waals surface area contributed by atoms with Crippen LogP contribution in [-0.4, -0.2) is 20.7 Å². The fourth-order valence-electron chi connectivity index (χ4n) is 3.09. The van der Waals surface area contributed by atoms with Crippen molar-refractivity contribution in [3.05, 3.63) is 65.1 Å². The van der Waals surface area contributed by atoms with Gasteiger partial charge in [-0.2, -0.15) is 5.10 Å². The lowest BCUT2D eigenvalue weighted by molar-refractivity contribution is 0.0944. The van der Waals surface area contributed by atoms with Gasteiger partial charge >= 0.3 is 0 Å². The minimum Gasteiger partial charge on any atom is -0.345 e. The van der Waals surface area contributed by atoms with Crippen molar-refractivity contribution in [1.29, 1.82) is 0 Å². The van der Waals surface area contributed by atoms with E-state index >= 15 is 0 Å². The zero-order valence-corrected chi connectivity index (χ0v) is 14.9. The number of nitrogens with one attached hydrogen (secondary N) is 1. The van der Waals surface area contributed by atoms with Crippen LogP contribution in [-0.2, 0) is 19.3 Å². The van der Waals surface area contributed by atoms with Crippen molar-refractivity contribution in [3.8, 4) is 11.3 Å². The molecule has 3 heterocycles. The quantitative estimate of drug-likeness (QED) is 0.787. The molecule has 0 atom stereocenters. The minimum absolute atomic E-state index is 0.154. The summed E-state index contributed by atoms with van der Waals surface area (Å²) in [5.41, 5.74) is 5.74. The molecule has 0 saturated carbocycles. The highest BCUT2D eigenvalue weighted by molar-refractivity contribution is 7.98. The molecule has 0 saturated heterocycles. The summed E-state index contributed by atoms with van der Waals surface area (Å²) in [5, 5.41) is 7.43. The van der Waals surface area contributed by atoms with Crippen molar-refractivity contribution in [2.45, 2.75) is 24.1 Å². The molecule has 0 aliphatic carbocycles. The van der Waals surface area contributed by atoms with E-state index in [9.17, 15) is 4.79 Å². The van der Waals surface area contributed by atoms with Gasteiger partial charge in [0, 0.05) is 35.0 Å². The fourth-order valence-corrected chi connectivity index (χ4v) is 4.13. The van der Waals surface area contributed by atoms with Crippen molar-refractivity contribution in [2.75, 3.05) is 0 Å². The number of rotatable bonds is 3. The molecule has 3 aromatic rings. The molecule has 0 unspecified atom stereocenters. The van der Waals surface area contributed by atoms with Gasteiger partial charge in [0.2, 0.25) is 0 Å². The highest BCUT2D eigenvalue weighted by atomic mass is 32.2. The van der Waals surface area contributed by atoms with Crippen LogP contribution in [0.5, 0.6) is 0 Å². The van der Waals surface area contributed by atoms with E-state index in [4.69, 9.17) is 0 Å². The molecule has 0 bridgehead atoms. The summed E-state index contributed by atoms with van der Waals surface area (Å²) >= 11 is 1.75. The number of pyridine rings is 1. The predicted molar refractivity (Wildman–Crippen MR) is 98.3 cm³/mol. The van der Waals surface area contributed by atoms with E-state index in [0.29, 0.717) is 12.2 Å². The van der Waals surface area contributed by atoms with Crippen molar-refractivity contribution >= 4 is 17.7 Å². The third kappa shape index (κ3) is 2.93. The van der Waals surface area contributed by atoms with Gasteiger partial charge in [-0.25, -0.2) is 0 Å². The van der Waals surface area contributed by atoms with Gasteiger partial charge in [-0.15, -0.1) is 11.8 Å². The van der Waals surface area contributed by atoms with Gasteiger partial charge in [0.1, 0.15) is 0 Å². The Bertz CT molecular complexity index is 950. The first kappa shape index (κ1) is 15.9. The number of fused-ring (bicyclic) bond motifs is 3. The maximum absolute atomic E-state index is 12.7. The van der Waals surface area contributed by atoms with E-state index in [1.807, 2.05) is 29.9 Å². The van der Waals surface area contributed by atoms with E-state index in [1.165, 1.54) is 10.5 Å². The molecular weight excluding hydrogens is 332 g/mol. The number of thioether (sulfide) groups is 1. The Morgan fingerprint density at radius 1 is 1.32 bits per heavy atom.